The number of carbonyl (C=O) groups excluding carboxylic acids is 1. The van der Waals surface area contributed by atoms with E-state index in [1.807, 2.05) is 0 Å². The normalized spacial score (nSPS) is 18.1. The van der Waals surface area contributed by atoms with Gasteiger partial charge in [-0.25, -0.2) is 8.78 Å². The fourth-order valence-corrected chi connectivity index (χ4v) is 2.43. The zero-order valence-corrected chi connectivity index (χ0v) is 12.3. The number of hydrogen-bond donors (Lipinski definition) is 0. The van der Waals surface area contributed by atoms with Gasteiger partial charge in [0, 0.05) is 5.02 Å². The number of carbonyl (C=O) groups is 1. The van der Waals surface area contributed by atoms with Gasteiger partial charge in [0.2, 0.25) is 23.3 Å². The topological polar surface area (TPSA) is 26.3 Å². The summed E-state index contributed by atoms with van der Waals surface area (Å²) in [5.41, 5.74) is 0. The van der Waals surface area contributed by atoms with E-state index in [2.05, 4.69) is 4.74 Å². The quantitative estimate of drug-likeness (QED) is 0.628. The summed E-state index contributed by atoms with van der Waals surface area (Å²) < 4.78 is 72.0. The summed E-state index contributed by atoms with van der Waals surface area (Å²) in [6.45, 7) is 0. The summed E-state index contributed by atoms with van der Waals surface area (Å²) >= 11 is 16.8. The maximum atomic E-state index is 14.3. The number of ether oxygens (including phenoxy) is 1. The molecule has 2 nitrogen and oxygen atoms in total. The molecule has 0 saturated carbocycles. The van der Waals surface area contributed by atoms with Crippen molar-refractivity contribution in [3.8, 4) is 5.75 Å². The van der Waals surface area contributed by atoms with Gasteiger partial charge < -0.3 is 4.74 Å². The Morgan fingerprint density at radius 1 is 0.909 bits per heavy atom. The van der Waals surface area contributed by atoms with Crippen LogP contribution in [0.1, 0.15) is 0 Å². The van der Waals surface area contributed by atoms with Gasteiger partial charge >= 0.3 is 5.85 Å². The molecule has 1 aliphatic carbocycles. The average molecular weight is 379 g/mol. The molecule has 1 aliphatic rings. The Bertz CT molecular complexity index is 693. The zero-order valence-electron chi connectivity index (χ0n) is 9.99. The van der Waals surface area contributed by atoms with E-state index in [1.54, 1.807) is 0 Å². The van der Waals surface area contributed by atoms with E-state index >= 15 is 0 Å². The largest absolute Gasteiger partial charge is 0.443 e. The lowest BCUT2D eigenvalue weighted by Crippen LogP contribution is -2.38. The summed E-state index contributed by atoms with van der Waals surface area (Å²) in [5, 5.41) is -0.973. The predicted molar refractivity (Wildman–Crippen MR) is 69.4 cm³/mol. The van der Waals surface area contributed by atoms with Crippen molar-refractivity contribution in [3.63, 3.8) is 0 Å². The third-order valence-electron chi connectivity index (χ3n) is 2.55. The molecule has 118 valence electrons. The van der Waals surface area contributed by atoms with Crippen molar-refractivity contribution >= 4 is 40.6 Å². The second kappa shape index (κ2) is 5.72. The van der Waals surface area contributed by atoms with E-state index in [-0.39, 0.29) is 5.02 Å². The molecular formula is C12H2Cl3F5O2. The Hall–Kier alpha value is -1.31. The van der Waals surface area contributed by atoms with Crippen molar-refractivity contribution in [3.05, 3.63) is 50.5 Å². The minimum absolute atomic E-state index is 0.0153. The SMILES string of the molecule is O=C1C(F)=C(F)C(F)(Oc2c(Cl)cc(Cl)cc2Cl)C(F)=C1F. The molecule has 0 aliphatic heterocycles. The molecule has 1 aromatic carbocycles. The number of benzene rings is 1. The Morgan fingerprint density at radius 2 is 1.32 bits per heavy atom. The van der Waals surface area contributed by atoms with Gasteiger partial charge in [0.05, 0.1) is 10.0 Å². The number of rotatable bonds is 2. The van der Waals surface area contributed by atoms with Crippen LogP contribution in [0.15, 0.2) is 35.4 Å². The molecule has 0 aromatic heterocycles. The number of halogens is 8. The molecule has 0 amide bonds. The van der Waals surface area contributed by atoms with Gasteiger partial charge in [0.1, 0.15) is 0 Å². The van der Waals surface area contributed by atoms with Crippen LogP contribution in [-0.2, 0) is 4.79 Å². The van der Waals surface area contributed by atoms with Crippen molar-refractivity contribution in [2.75, 3.05) is 0 Å². The van der Waals surface area contributed by atoms with Crippen LogP contribution in [0, 0.1) is 0 Å². The summed E-state index contributed by atoms with van der Waals surface area (Å²) in [5.74, 6) is -17.6. The molecule has 22 heavy (non-hydrogen) atoms. The Labute approximate surface area is 134 Å². The summed E-state index contributed by atoms with van der Waals surface area (Å²) in [6, 6.07) is 1.97. The van der Waals surface area contributed by atoms with E-state index in [0.717, 1.165) is 12.1 Å². The van der Waals surface area contributed by atoms with Gasteiger partial charge in [-0.1, -0.05) is 34.8 Å². The first-order chi connectivity index (χ1) is 10.1. The lowest BCUT2D eigenvalue weighted by Gasteiger charge is -2.26. The molecule has 0 saturated heterocycles. The minimum Gasteiger partial charge on any atom is -0.443 e. The van der Waals surface area contributed by atoms with E-state index in [1.165, 1.54) is 0 Å². The first-order valence-corrected chi connectivity index (χ1v) is 6.41. The molecule has 0 N–H and O–H groups in total. The molecule has 2 rings (SSSR count). The highest BCUT2D eigenvalue weighted by atomic mass is 35.5. The highest BCUT2D eigenvalue weighted by Gasteiger charge is 2.54. The predicted octanol–water partition coefficient (Wildman–Crippen LogP) is 5.58. The van der Waals surface area contributed by atoms with Crippen molar-refractivity contribution < 1.29 is 31.5 Å². The maximum Gasteiger partial charge on any atom is 0.359 e. The van der Waals surface area contributed by atoms with Gasteiger partial charge in [-0.3, -0.25) is 4.79 Å². The zero-order chi connectivity index (χ0) is 16.8. The molecule has 10 heteroatoms. The molecule has 1 aromatic rings. The summed E-state index contributed by atoms with van der Waals surface area (Å²) in [4.78, 5) is 10.8. The molecule has 0 heterocycles. The van der Waals surface area contributed by atoms with Gasteiger partial charge in [0.25, 0.3) is 5.78 Å². The number of Topliss-reactive ketones (excluding diaryl/α,β-unsaturated/α-hetero) is 1. The third-order valence-corrected chi connectivity index (χ3v) is 3.33. The number of hydrogen-bond acceptors (Lipinski definition) is 2. The molecule has 0 radical (unpaired) electrons. The van der Waals surface area contributed by atoms with E-state index in [4.69, 9.17) is 34.8 Å². The third kappa shape index (κ3) is 2.57. The number of allylic oxidation sites excluding steroid dienone is 2. The fraction of sp³-hybridized carbons (Fsp3) is 0.0833. The second-order valence-electron chi connectivity index (χ2n) is 3.98. The standard InChI is InChI=1S/C12H2Cl3F5O2/c13-3-1-4(14)9(5(15)2-3)22-12(20)10(18)6(16)8(21)7(17)11(12)19/h1-2H. The summed E-state index contributed by atoms with van der Waals surface area (Å²) in [7, 11) is 0. The number of alkyl halides is 1. The average Bonchev–Trinajstić information content (AvgIpc) is 2.45. The van der Waals surface area contributed by atoms with Crippen LogP contribution in [0.4, 0.5) is 22.0 Å². The van der Waals surface area contributed by atoms with E-state index in [9.17, 15) is 26.7 Å². The lowest BCUT2D eigenvalue weighted by atomic mass is 10.1. The number of ketones is 1. The monoisotopic (exact) mass is 378 g/mol. The highest BCUT2D eigenvalue weighted by molar-refractivity contribution is 6.40. The Kier molecular flexibility index (Phi) is 4.43. The maximum absolute atomic E-state index is 14.3. The smallest absolute Gasteiger partial charge is 0.359 e. The van der Waals surface area contributed by atoms with Crippen molar-refractivity contribution in [1.82, 2.24) is 0 Å². The van der Waals surface area contributed by atoms with Crippen molar-refractivity contribution in [2.45, 2.75) is 5.85 Å². The highest BCUT2D eigenvalue weighted by Crippen LogP contribution is 2.46. The lowest BCUT2D eigenvalue weighted by molar-refractivity contribution is -0.118. The Morgan fingerprint density at radius 3 is 1.73 bits per heavy atom. The van der Waals surface area contributed by atoms with Crippen LogP contribution >= 0.6 is 34.8 Å². The first kappa shape index (κ1) is 17.1. The van der Waals surface area contributed by atoms with Crippen LogP contribution in [0.3, 0.4) is 0 Å². The first-order valence-electron chi connectivity index (χ1n) is 5.28. The van der Waals surface area contributed by atoms with Crippen LogP contribution in [0.5, 0.6) is 5.75 Å². The summed E-state index contributed by atoms with van der Waals surface area (Å²) in [6.07, 6.45) is 0. The molecule has 0 fully saturated rings. The van der Waals surface area contributed by atoms with E-state index < -0.39 is 50.7 Å². The minimum atomic E-state index is -4.36. The molecule has 0 spiro atoms. The van der Waals surface area contributed by atoms with Gasteiger partial charge in [-0.05, 0) is 12.1 Å². The molecule has 0 atom stereocenters. The van der Waals surface area contributed by atoms with Crippen molar-refractivity contribution in [1.29, 1.82) is 0 Å². The molecule has 0 unspecified atom stereocenters. The second-order valence-corrected chi connectivity index (χ2v) is 5.23. The van der Waals surface area contributed by atoms with Crippen LogP contribution in [0.25, 0.3) is 0 Å². The van der Waals surface area contributed by atoms with Crippen LogP contribution in [0.2, 0.25) is 15.1 Å². The fourth-order valence-electron chi connectivity index (χ4n) is 1.53. The van der Waals surface area contributed by atoms with Crippen LogP contribution in [-0.4, -0.2) is 11.6 Å². The molecular weight excluding hydrogens is 377 g/mol. The Balaban J connectivity index is 2.59. The van der Waals surface area contributed by atoms with Gasteiger partial charge in [0.15, 0.2) is 5.75 Å². The van der Waals surface area contributed by atoms with Gasteiger partial charge in [-0.2, -0.15) is 13.2 Å². The van der Waals surface area contributed by atoms with Crippen LogP contribution < -0.4 is 4.74 Å². The van der Waals surface area contributed by atoms with Crippen molar-refractivity contribution in [2.24, 2.45) is 0 Å². The van der Waals surface area contributed by atoms with E-state index in [0.29, 0.717) is 0 Å². The van der Waals surface area contributed by atoms with Gasteiger partial charge in [-0.15, -0.1) is 0 Å². The molecule has 0 bridgehead atoms.